The Labute approximate surface area is 128 Å². The van der Waals surface area contributed by atoms with E-state index in [1.165, 1.54) is 19.3 Å². The summed E-state index contributed by atoms with van der Waals surface area (Å²) in [6.07, 6.45) is 9.53. The Hall–Kier alpha value is -0.660. The number of hydrogen-bond donors (Lipinski definition) is 0. The Morgan fingerprint density at radius 2 is 1.71 bits per heavy atom. The molecular weight excluding hydrogens is 260 g/mol. The van der Waals surface area contributed by atoms with Crippen LogP contribution in [0.5, 0.6) is 0 Å². The number of fused-ring (bicyclic) bond motifs is 5. The Kier molecular flexibility index (Phi) is 2.94. The van der Waals surface area contributed by atoms with E-state index in [-0.39, 0.29) is 5.41 Å². The summed E-state index contributed by atoms with van der Waals surface area (Å²) in [5.41, 5.74) is 0.374. The SMILES string of the molecule is C[C@]12CCC(=O)C[C@@H]1CC[C@@H]1[C@H]2CC[C@@]2(C)C(=O)CC[C@@H]12. The molecular formula is C19H28O2. The zero-order chi connectivity index (χ0) is 14.8. The molecule has 0 heterocycles. The molecule has 4 aliphatic rings. The fraction of sp³-hybridized carbons (Fsp3) is 0.895. The monoisotopic (exact) mass is 288 g/mol. The molecule has 4 aliphatic carbocycles. The molecule has 2 heteroatoms. The van der Waals surface area contributed by atoms with Gasteiger partial charge >= 0.3 is 0 Å². The summed E-state index contributed by atoms with van der Waals surface area (Å²) in [6, 6.07) is 0. The van der Waals surface area contributed by atoms with Crippen LogP contribution < -0.4 is 0 Å². The topological polar surface area (TPSA) is 34.1 Å². The average molecular weight is 288 g/mol. The van der Waals surface area contributed by atoms with E-state index in [1.54, 1.807) is 0 Å². The van der Waals surface area contributed by atoms with Crippen molar-refractivity contribution in [3.63, 3.8) is 0 Å². The molecule has 6 atom stereocenters. The van der Waals surface area contributed by atoms with E-state index in [4.69, 9.17) is 0 Å². The normalized spacial score (nSPS) is 53.0. The highest BCUT2D eigenvalue weighted by Crippen LogP contribution is 2.65. The zero-order valence-corrected chi connectivity index (χ0v) is 13.5. The number of carbonyl (C=O) groups excluding carboxylic acids is 2. The average Bonchev–Trinajstić information content (AvgIpc) is 2.76. The summed E-state index contributed by atoms with van der Waals surface area (Å²) in [7, 11) is 0. The van der Waals surface area contributed by atoms with Gasteiger partial charge in [-0.2, -0.15) is 0 Å². The van der Waals surface area contributed by atoms with Crippen LogP contribution in [0.2, 0.25) is 0 Å². The highest BCUT2D eigenvalue weighted by Gasteiger charge is 2.60. The van der Waals surface area contributed by atoms with Crippen LogP contribution in [0, 0.1) is 34.5 Å². The summed E-state index contributed by atoms with van der Waals surface area (Å²) in [4.78, 5) is 24.2. The first-order chi connectivity index (χ1) is 9.95. The van der Waals surface area contributed by atoms with E-state index < -0.39 is 0 Å². The molecule has 0 amide bonds. The number of hydrogen-bond acceptors (Lipinski definition) is 2. The second-order valence-corrected chi connectivity index (χ2v) is 8.82. The third kappa shape index (κ3) is 1.77. The van der Waals surface area contributed by atoms with Crippen molar-refractivity contribution in [2.24, 2.45) is 34.5 Å². The van der Waals surface area contributed by atoms with Crippen molar-refractivity contribution in [1.82, 2.24) is 0 Å². The van der Waals surface area contributed by atoms with Gasteiger partial charge in [0.05, 0.1) is 0 Å². The minimum Gasteiger partial charge on any atom is -0.300 e. The van der Waals surface area contributed by atoms with Crippen molar-refractivity contribution in [2.75, 3.05) is 0 Å². The Bertz CT molecular complexity index is 496. The van der Waals surface area contributed by atoms with Gasteiger partial charge in [0, 0.05) is 24.7 Å². The van der Waals surface area contributed by atoms with Crippen LogP contribution in [0.3, 0.4) is 0 Å². The first kappa shape index (κ1) is 14.0. The number of ketones is 2. The molecule has 0 aromatic rings. The van der Waals surface area contributed by atoms with Crippen LogP contribution in [0.25, 0.3) is 0 Å². The maximum absolute atomic E-state index is 12.4. The molecule has 0 aromatic heterocycles. The molecule has 4 saturated carbocycles. The van der Waals surface area contributed by atoms with Crippen LogP contribution in [0.15, 0.2) is 0 Å². The van der Waals surface area contributed by atoms with E-state index in [1.807, 2.05) is 0 Å². The molecule has 0 spiro atoms. The van der Waals surface area contributed by atoms with E-state index >= 15 is 0 Å². The molecule has 0 saturated heterocycles. The van der Waals surface area contributed by atoms with Crippen LogP contribution in [-0.4, -0.2) is 11.6 Å². The van der Waals surface area contributed by atoms with Crippen molar-refractivity contribution in [1.29, 1.82) is 0 Å². The molecule has 0 N–H and O–H groups in total. The lowest BCUT2D eigenvalue weighted by Gasteiger charge is -2.59. The predicted molar refractivity (Wildman–Crippen MR) is 81.7 cm³/mol. The molecule has 0 aliphatic heterocycles. The third-order valence-corrected chi connectivity index (χ3v) is 8.19. The van der Waals surface area contributed by atoms with E-state index in [2.05, 4.69) is 13.8 Å². The highest BCUT2D eigenvalue weighted by molar-refractivity contribution is 5.87. The lowest BCUT2D eigenvalue weighted by Crippen LogP contribution is -2.53. The van der Waals surface area contributed by atoms with Gasteiger partial charge in [-0.1, -0.05) is 13.8 Å². The third-order valence-electron chi connectivity index (χ3n) is 8.19. The van der Waals surface area contributed by atoms with Gasteiger partial charge in [-0.3, -0.25) is 9.59 Å². The van der Waals surface area contributed by atoms with Crippen LogP contribution in [0.1, 0.15) is 71.6 Å². The maximum atomic E-state index is 12.4. The van der Waals surface area contributed by atoms with Gasteiger partial charge < -0.3 is 0 Å². The summed E-state index contributed by atoms with van der Waals surface area (Å²) < 4.78 is 0. The maximum Gasteiger partial charge on any atom is 0.139 e. The lowest BCUT2D eigenvalue weighted by molar-refractivity contribution is -0.144. The van der Waals surface area contributed by atoms with Crippen molar-refractivity contribution in [3.8, 4) is 0 Å². The lowest BCUT2D eigenvalue weighted by atomic mass is 9.45. The molecule has 21 heavy (non-hydrogen) atoms. The molecule has 0 unspecified atom stereocenters. The van der Waals surface area contributed by atoms with Crippen molar-refractivity contribution in [2.45, 2.75) is 71.6 Å². The quantitative estimate of drug-likeness (QED) is 0.670. The smallest absolute Gasteiger partial charge is 0.139 e. The first-order valence-electron chi connectivity index (χ1n) is 9.00. The minimum atomic E-state index is -0.00511. The summed E-state index contributed by atoms with van der Waals surface area (Å²) in [5, 5.41) is 0. The summed E-state index contributed by atoms with van der Waals surface area (Å²) in [5.74, 6) is 3.82. The van der Waals surface area contributed by atoms with Crippen LogP contribution in [-0.2, 0) is 9.59 Å². The van der Waals surface area contributed by atoms with Gasteiger partial charge in [-0.15, -0.1) is 0 Å². The van der Waals surface area contributed by atoms with Crippen molar-refractivity contribution in [3.05, 3.63) is 0 Å². The van der Waals surface area contributed by atoms with Gasteiger partial charge in [-0.05, 0) is 67.6 Å². The Morgan fingerprint density at radius 1 is 0.905 bits per heavy atom. The fourth-order valence-corrected chi connectivity index (χ4v) is 6.82. The molecule has 4 fully saturated rings. The largest absolute Gasteiger partial charge is 0.300 e. The highest BCUT2D eigenvalue weighted by atomic mass is 16.1. The molecule has 116 valence electrons. The molecule has 4 rings (SSSR count). The predicted octanol–water partition coefficient (Wildman–Crippen LogP) is 4.17. The standard InChI is InChI=1S/C19H28O2/c1-18-9-7-13(20)11-12(18)3-4-14-15-5-6-17(21)19(15,2)10-8-16(14)18/h12,14-16H,3-11H2,1-2H3/t12-,14-,15-,16+,18-,19+/m0/s1. The second kappa shape index (κ2) is 4.43. The van der Waals surface area contributed by atoms with Crippen molar-refractivity contribution < 1.29 is 9.59 Å². The van der Waals surface area contributed by atoms with Crippen LogP contribution in [0.4, 0.5) is 0 Å². The van der Waals surface area contributed by atoms with E-state index in [0.29, 0.717) is 28.8 Å². The minimum absolute atomic E-state index is 0.00511. The second-order valence-electron chi connectivity index (χ2n) is 8.82. The van der Waals surface area contributed by atoms with Gasteiger partial charge in [0.25, 0.3) is 0 Å². The van der Waals surface area contributed by atoms with Gasteiger partial charge in [0.15, 0.2) is 0 Å². The number of carbonyl (C=O) groups is 2. The first-order valence-corrected chi connectivity index (χ1v) is 9.00. The molecule has 0 bridgehead atoms. The van der Waals surface area contributed by atoms with Crippen LogP contribution >= 0.6 is 0 Å². The number of rotatable bonds is 0. The molecule has 2 nitrogen and oxygen atoms in total. The zero-order valence-electron chi connectivity index (χ0n) is 13.5. The van der Waals surface area contributed by atoms with E-state index in [0.717, 1.165) is 50.4 Å². The van der Waals surface area contributed by atoms with Gasteiger partial charge in [0.1, 0.15) is 11.6 Å². The Morgan fingerprint density at radius 3 is 2.52 bits per heavy atom. The number of Topliss-reactive ketones (excluding diaryl/α,β-unsaturated/α-hetero) is 2. The van der Waals surface area contributed by atoms with Gasteiger partial charge in [-0.25, -0.2) is 0 Å². The van der Waals surface area contributed by atoms with Crippen molar-refractivity contribution >= 4 is 11.6 Å². The molecule has 0 aromatic carbocycles. The molecule has 0 radical (unpaired) electrons. The summed E-state index contributed by atoms with van der Waals surface area (Å²) in [6.45, 7) is 4.72. The fourth-order valence-electron chi connectivity index (χ4n) is 6.82. The summed E-state index contributed by atoms with van der Waals surface area (Å²) >= 11 is 0. The Balaban J connectivity index is 1.65. The van der Waals surface area contributed by atoms with Gasteiger partial charge in [0.2, 0.25) is 0 Å². The van der Waals surface area contributed by atoms with E-state index in [9.17, 15) is 9.59 Å².